The molecule has 0 aliphatic heterocycles. The standard InChI is InChI=1S/C23H12Br3F2NS3.C7H8/c24-13-7-1-4-10-16(13)30-20-19(27)23(32-18-12-6-3-9-15(18)26)29-22(28)21(20)31-17-11-5-2-8-14(17)25;1-7-5-3-2-4-6-7/h1-12H;2-6H,1H3. The summed E-state index contributed by atoms with van der Waals surface area (Å²) in [5.74, 6) is -1.27. The average Bonchev–Trinajstić information content (AvgIpc) is 2.93. The van der Waals surface area contributed by atoms with Gasteiger partial charge in [-0.2, -0.15) is 4.39 Å². The zero-order valence-corrected chi connectivity index (χ0v) is 27.6. The molecule has 0 radical (unpaired) electrons. The second-order valence-electron chi connectivity index (χ2n) is 7.93. The summed E-state index contributed by atoms with van der Waals surface area (Å²) in [4.78, 5) is 6.64. The zero-order valence-electron chi connectivity index (χ0n) is 20.4. The lowest BCUT2D eigenvalue weighted by molar-refractivity contribution is 0.482. The van der Waals surface area contributed by atoms with Crippen molar-refractivity contribution in [1.29, 1.82) is 0 Å². The summed E-state index contributed by atoms with van der Waals surface area (Å²) in [7, 11) is 0. The zero-order chi connectivity index (χ0) is 27.8. The third-order valence-electron chi connectivity index (χ3n) is 5.06. The first-order valence-electron chi connectivity index (χ1n) is 11.5. The molecule has 5 aromatic rings. The first-order valence-corrected chi connectivity index (χ1v) is 16.3. The number of aromatic nitrogens is 1. The van der Waals surface area contributed by atoms with Crippen molar-refractivity contribution in [1.82, 2.24) is 4.98 Å². The van der Waals surface area contributed by atoms with Crippen molar-refractivity contribution in [3.63, 3.8) is 0 Å². The lowest BCUT2D eigenvalue weighted by Gasteiger charge is -2.15. The van der Waals surface area contributed by atoms with E-state index in [2.05, 4.69) is 71.8 Å². The molecule has 1 nitrogen and oxygen atoms in total. The summed E-state index contributed by atoms with van der Waals surface area (Å²) in [6, 6.07) is 32.6. The summed E-state index contributed by atoms with van der Waals surface area (Å²) in [6.45, 7) is 2.08. The van der Waals surface area contributed by atoms with Gasteiger partial charge >= 0.3 is 0 Å². The second-order valence-corrected chi connectivity index (χ2v) is 13.6. The van der Waals surface area contributed by atoms with Crippen molar-refractivity contribution in [2.24, 2.45) is 0 Å². The van der Waals surface area contributed by atoms with E-state index < -0.39 is 11.8 Å². The number of aryl methyl sites for hydroxylation is 1. The van der Waals surface area contributed by atoms with Gasteiger partial charge in [-0.15, -0.1) is 0 Å². The van der Waals surface area contributed by atoms with E-state index in [1.165, 1.54) is 17.3 Å². The largest absolute Gasteiger partial charge is 0.229 e. The molecular formula is C30H20Br3F2NS3. The molecule has 39 heavy (non-hydrogen) atoms. The highest BCUT2D eigenvalue weighted by atomic mass is 79.9. The highest BCUT2D eigenvalue weighted by Gasteiger charge is 2.24. The number of rotatable bonds is 6. The van der Waals surface area contributed by atoms with Crippen LogP contribution in [0.15, 0.2) is 146 Å². The molecule has 9 heteroatoms. The van der Waals surface area contributed by atoms with Gasteiger partial charge in [-0.05, 0) is 91.1 Å². The molecule has 198 valence electrons. The Morgan fingerprint density at radius 2 is 0.949 bits per heavy atom. The van der Waals surface area contributed by atoms with E-state index in [-0.39, 0.29) is 14.8 Å². The van der Waals surface area contributed by atoms with Gasteiger partial charge in [-0.1, -0.05) is 108 Å². The summed E-state index contributed by atoms with van der Waals surface area (Å²) >= 11 is 13.9. The predicted molar refractivity (Wildman–Crippen MR) is 170 cm³/mol. The summed E-state index contributed by atoms with van der Waals surface area (Å²) < 4.78 is 33.6. The maximum Gasteiger partial charge on any atom is 0.229 e. The molecule has 1 aromatic heterocycles. The fourth-order valence-electron chi connectivity index (χ4n) is 3.17. The third kappa shape index (κ3) is 8.44. The van der Waals surface area contributed by atoms with Crippen LogP contribution in [0.1, 0.15) is 5.56 Å². The van der Waals surface area contributed by atoms with Crippen molar-refractivity contribution in [3.8, 4) is 0 Å². The molecule has 0 aliphatic rings. The molecule has 1 heterocycles. The van der Waals surface area contributed by atoms with Crippen LogP contribution in [0.4, 0.5) is 8.78 Å². The van der Waals surface area contributed by atoms with Crippen LogP contribution >= 0.6 is 83.1 Å². The van der Waals surface area contributed by atoms with Crippen molar-refractivity contribution in [3.05, 3.63) is 134 Å². The molecule has 0 saturated heterocycles. The maximum atomic E-state index is 15.8. The van der Waals surface area contributed by atoms with Crippen LogP contribution in [-0.4, -0.2) is 4.98 Å². The maximum absolute atomic E-state index is 15.8. The monoisotopic (exact) mass is 765 g/mol. The first-order chi connectivity index (χ1) is 18.8. The van der Waals surface area contributed by atoms with Gasteiger partial charge in [-0.25, -0.2) is 9.37 Å². The smallest absolute Gasteiger partial charge is 0.209 e. The lowest BCUT2D eigenvalue weighted by atomic mass is 10.2. The minimum atomic E-state index is -0.712. The minimum Gasteiger partial charge on any atom is -0.209 e. The van der Waals surface area contributed by atoms with Crippen LogP contribution in [0.5, 0.6) is 0 Å². The predicted octanol–water partition coefficient (Wildman–Crippen LogP) is 12.1. The Labute approximate surface area is 265 Å². The Kier molecular flexibility index (Phi) is 11.6. The molecule has 0 bridgehead atoms. The molecule has 0 amide bonds. The van der Waals surface area contributed by atoms with E-state index in [9.17, 15) is 0 Å². The SMILES string of the molecule is Cc1ccccc1.Fc1nc(Sc2ccccc2Br)c(F)c(Sc2ccccc2Br)c1Sc1ccccc1Br. The van der Waals surface area contributed by atoms with Crippen molar-refractivity contribution in [2.75, 3.05) is 0 Å². The van der Waals surface area contributed by atoms with E-state index in [4.69, 9.17) is 0 Å². The fraction of sp³-hybridized carbons (Fsp3) is 0.0333. The van der Waals surface area contributed by atoms with Crippen LogP contribution in [0.25, 0.3) is 0 Å². The number of hydrogen-bond donors (Lipinski definition) is 0. The van der Waals surface area contributed by atoms with Gasteiger partial charge < -0.3 is 0 Å². The molecule has 0 unspecified atom stereocenters. The van der Waals surface area contributed by atoms with Crippen molar-refractivity contribution >= 4 is 83.1 Å². The fourth-order valence-corrected chi connectivity index (χ4v) is 7.64. The van der Waals surface area contributed by atoms with Crippen LogP contribution < -0.4 is 0 Å². The highest BCUT2D eigenvalue weighted by Crippen LogP contribution is 2.47. The van der Waals surface area contributed by atoms with Crippen LogP contribution in [0, 0.1) is 18.7 Å². The average molecular weight is 768 g/mol. The van der Waals surface area contributed by atoms with Gasteiger partial charge in [0.25, 0.3) is 0 Å². The number of halogens is 5. The Balaban J connectivity index is 0.000000438. The molecule has 0 atom stereocenters. The molecule has 0 spiro atoms. The van der Waals surface area contributed by atoms with Crippen molar-refractivity contribution < 1.29 is 8.78 Å². The van der Waals surface area contributed by atoms with E-state index in [0.29, 0.717) is 0 Å². The number of nitrogens with zero attached hydrogens (tertiary/aromatic N) is 1. The van der Waals surface area contributed by atoms with E-state index in [0.717, 1.165) is 51.6 Å². The summed E-state index contributed by atoms with van der Waals surface area (Å²) in [5.41, 5.74) is 1.32. The number of pyridine rings is 1. The van der Waals surface area contributed by atoms with Gasteiger partial charge in [0.1, 0.15) is 5.03 Å². The number of hydrogen-bond acceptors (Lipinski definition) is 4. The Hall–Kier alpha value is -1.62. The van der Waals surface area contributed by atoms with Gasteiger partial charge in [0.15, 0.2) is 5.82 Å². The van der Waals surface area contributed by atoms with Crippen LogP contribution in [0.3, 0.4) is 0 Å². The molecule has 0 saturated carbocycles. The van der Waals surface area contributed by atoms with E-state index >= 15 is 8.78 Å². The highest BCUT2D eigenvalue weighted by molar-refractivity contribution is 9.11. The van der Waals surface area contributed by atoms with E-state index in [1.54, 1.807) is 0 Å². The normalized spacial score (nSPS) is 10.6. The van der Waals surface area contributed by atoms with Gasteiger partial charge in [-0.3, -0.25) is 0 Å². The van der Waals surface area contributed by atoms with Crippen molar-refractivity contribution in [2.45, 2.75) is 36.4 Å². The molecule has 5 rings (SSSR count). The molecule has 0 N–H and O–H groups in total. The van der Waals surface area contributed by atoms with Crippen LogP contribution in [-0.2, 0) is 0 Å². The molecule has 4 aromatic carbocycles. The Bertz CT molecular complexity index is 1570. The number of benzene rings is 4. The topological polar surface area (TPSA) is 12.9 Å². The summed E-state index contributed by atoms with van der Waals surface area (Å²) in [6.07, 6.45) is 0. The molecule has 0 fully saturated rings. The van der Waals surface area contributed by atoms with Gasteiger partial charge in [0.05, 0.1) is 9.79 Å². The summed E-state index contributed by atoms with van der Waals surface area (Å²) in [5, 5.41) is -0.0135. The Morgan fingerprint density at radius 3 is 1.38 bits per heavy atom. The van der Waals surface area contributed by atoms with Crippen LogP contribution in [0.2, 0.25) is 0 Å². The first kappa shape index (κ1) is 30.3. The molecular weight excluding hydrogens is 748 g/mol. The Morgan fingerprint density at radius 1 is 0.538 bits per heavy atom. The van der Waals surface area contributed by atoms with E-state index in [1.807, 2.05) is 91.0 Å². The second kappa shape index (κ2) is 14.8. The third-order valence-corrected chi connectivity index (χ3v) is 11.4. The minimum absolute atomic E-state index is 0.0135. The van der Waals surface area contributed by atoms with Gasteiger partial charge in [0.2, 0.25) is 5.95 Å². The quantitative estimate of drug-likeness (QED) is 0.160. The molecule has 0 aliphatic carbocycles. The van der Waals surface area contributed by atoms with Gasteiger partial charge in [0, 0.05) is 28.1 Å². The lowest BCUT2D eigenvalue weighted by Crippen LogP contribution is -1.99.